The molecule has 1 rings (SSSR count). The molecule has 0 amide bonds. The van der Waals surface area contributed by atoms with Gasteiger partial charge in [-0.2, -0.15) is 13.2 Å². The van der Waals surface area contributed by atoms with E-state index in [2.05, 4.69) is 0 Å². The molecule has 0 saturated heterocycles. The van der Waals surface area contributed by atoms with Crippen LogP contribution in [0.2, 0.25) is 5.02 Å². The molecule has 0 fully saturated rings. The minimum absolute atomic E-state index is 0.0496. The van der Waals surface area contributed by atoms with Crippen LogP contribution in [0.15, 0.2) is 18.2 Å². The van der Waals surface area contributed by atoms with Gasteiger partial charge in [-0.25, -0.2) is 4.79 Å². The van der Waals surface area contributed by atoms with Crippen molar-refractivity contribution in [1.82, 2.24) is 0 Å². The molecule has 1 aromatic carbocycles. The molecule has 0 radical (unpaired) electrons. The minimum atomic E-state index is -5.34. The van der Waals surface area contributed by atoms with Crippen LogP contribution in [0.3, 0.4) is 0 Å². The Morgan fingerprint density at radius 1 is 1.35 bits per heavy atom. The number of aliphatic carboxylic acids is 1. The maximum Gasteiger partial charge on any atom is 0.432 e. The molecule has 0 heterocycles. The fraction of sp³-hybridized carbons (Fsp3) is 0.300. The van der Waals surface area contributed by atoms with Crippen molar-refractivity contribution in [1.29, 1.82) is 0 Å². The summed E-state index contributed by atoms with van der Waals surface area (Å²) in [5.41, 5.74) is -4.30. The normalized spacial score (nSPS) is 15.4. The summed E-state index contributed by atoms with van der Waals surface area (Å²) in [6, 6.07) is 2.87. The predicted molar refractivity (Wildman–Crippen MR) is 53.8 cm³/mol. The Morgan fingerprint density at radius 2 is 1.88 bits per heavy atom. The molecule has 2 N–H and O–H groups in total. The van der Waals surface area contributed by atoms with E-state index in [0.717, 1.165) is 12.1 Å². The fourth-order valence-electron chi connectivity index (χ4n) is 1.23. The number of aliphatic hydroxyl groups is 1. The van der Waals surface area contributed by atoms with Gasteiger partial charge >= 0.3 is 12.1 Å². The number of alkyl halides is 3. The van der Waals surface area contributed by atoms with Gasteiger partial charge in [-0.1, -0.05) is 23.7 Å². The number of hydrogen-bond acceptors (Lipinski definition) is 2. The third kappa shape index (κ3) is 2.23. The Balaban J connectivity index is 3.44. The summed E-state index contributed by atoms with van der Waals surface area (Å²) < 4.78 is 37.8. The van der Waals surface area contributed by atoms with Crippen molar-refractivity contribution in [3.05, 3.63) is 34.3 Å². The molecular formula is C10H8ClF3O3. The van der Waals surface area contributed by atoms with Gasteiger partial charge < -0.3 is 10.2 Å². The van der Waals surface area contributed by atoms with E-state index in [0.29, 0.717) is 5.56 Å². The lowest BCUT2D eigenvalue weighted by Gasteiger charge is -2.26. The van der Waals surface area contributed by atoms with Crippen LogP contribution in [0.1, 0.15) is 11.1 Å². The molecule has 17 heavy (non-hydrogen) atoms. The highest BCUT2D eigenvalue weighted by Crippen LogP contribution is 2.40. The monoisotopic (exact) mass is 268 g/mol. The number of aryl methyl sites for hydroxylation is 1. The number of rotatable bonds is 2. The SMILES string of the molecule is Cc1ccc(C(O)(C(=O)O)C(F)(F)F)cc1Cl. The number of carboxylic acids is 1. The lowest BCUT2D eigenvalue weighted by Crippen LogP contribution is -2.49. The number of hydrogen-bond donors (Lipinski definition) is 2. The molecule has 0 aliphatic rings. The van der Waals surface area contributed by atoms with Gasteiger partial charge in [0.05, 0.1) is 0 Å². The highest BCUT2D eigenvalue weighted by Gasteiger charge is 2.61. The van der Waals surface area contributed by atoms with Gasteiger partial charge in [0, 0.05) is 10.6 Å². The molecule has 1 aromatic rings. The molecule has 3 nitrogen and oxygen atoms in total. The van der Waals surface area contributed by atoms with E-state index in [1.165, 1.54) is 6.07 Å². The highest BCUT2D eigenvalue weighted by molar-refractivity contribution is 6.31. The van der Waals surface area contributed by atoms with Crippen molar-refractivity contribution in [3.63, 3.8) is 0 Å². The summed E-state index contributed by atoms with van der Waals surface area (Å²) in [6.45, 7) is 1.54. The molecule has 94 valence electrons. The Morgan fingerprint density at radius 3 is 2.24 bits per heavy atom. The molecule has 0 aromatic heterocycles. The molecule has 1 unspecified atom stereocenters. The summed E-state index contributed by atoms with van der Waals surface area (Å²) in [5, 5.41) is 17.8. The van der Waals surface area contributed by atoms with Gasteiger partial charge in [0.25, 0.3) is 5.60 Å². The lowest BCUT2D eigenvalue weighted by atomic mass is 9.92. The Kier molecular flexibility index (Phi) is 3.40. The van der Waals surface area contributed by atoms with E-state index < -0.39 is 23.3 Å². The van der Waals surface area contributed by atoms with Crippen molar-refractivity contribution in [2.24, 2.45) is 0 Å². The van der Waals surface area contributed by atoms with Gasteiger partial charge in [0.15, 0.2) is 0 Å². The van der Waals surface area contributed by atoms with E-state index in [1.54, 1.807) is 6.92 Å². The van der Waals surface area contributed by atoms with E-state index in [1.807, 2.05) is 0 Å². The van der Waals surface area contributed by atoms with Crippen LogP contribution in [-0.4, -0.2) is 22.4 Å². The third-order valence-corrected chi connectivity index (χ3v) is 2.72. The van der Waals surface area contributed by atoms with Crippen LogP contribution in [0.5, 0.6) is 0 Å². The maximum atomic E-state index is 12.6. The molecule has 0 aliphatic carbocycles. The number of carboxylic acid groups (broad SMARTS) is 1. The van der Waals surface area contributed by atoms with E-state index >= 15 is 0 Å². The summed E-state index contributed by atoms with van der Waals surface area (Å²) in [5.74, 6) is -2.40. The zero-order chi connectivity index (χ0) is 13.4. The van der Waals surface area contributed by atoms with Crippen LogP contribution < -0.4 is 0 Å². The third-order valence-electron chi connectivity index (χ3n) is 2.31. The molecule has 0 saturated carbocycles. The smallest absolute Gasteiger partial charge is 0.432 e. The second-order valence-electron chi connectivity index (χ2n) is 3.48. The Bertz CT molecular complexity index is 459. The molecule has 7 heteroatoms. The molecule has 0 aliphatic heterocycles. The van der Waals surface area contributed by atoms with Crippen LogP contribution in [0, 0.1) is 6.92 Å². The molecule has 0 spiro atoms. The maximum absolute atomic E-state index is 12.6. The average Bonchev–Trinajstić information content (AvgIpc) is 2.19. The van der Waals surface area contributed by atoms with Crippen molar-refractivity contribution in [3.8, 4) is 0 Å². The number of benzene rings is 1. The summed E-state index contributed by atoms with van der Waals surface area (Å²) in [4.78, 5) is 10.7. The van der Waals surface area contributed by atoms with Gasteiger partial charge in [0.1, 0.15) is 0 Å². The first-order valence-corrected chi connectivity index (χ1v) is 4.77. The highest BCUT2D eigenvalue weighted by atomic mass is 35.5. The standard InChI is InChI=1S/C10H8ClF3O3/c1-5-2-3-6(4-7(5)11)9(17,8(15)16)10(12,13)14/h2-4,17H,1H3,(H,15,16). The van der Waals surface area contributed by atoms with Crippen molar-refractivity contribution < 1.29 is 28.2 Å². The Labute approximate surface area is 99.4 Å². The van der Waals surface area contributed by atoms with Crippen LogP contribution in [0.25, 0.3) is 0 Å². The van der Waals surface area contributed by atoms with Gasteiger partial charge in [-0.3, -0.25) is 0 Å². The zero-order valence-corrected chi connectivity index (χ0v) is 9.30. The molecular weight excluding hydrogens is 261 g/mol. The van der Waals surface area contributed by atoms with Crippen molar-refractivity contribution in [2.45, 2.75) is 18.7 Å². The van der Waals surface area contributed by atoms with Crippen LogP contribution in [0.4, 0.5) is 13.2 Å². The van der Waals surface area contributed by atoms with Crippen molar-refractivity contribution >= 4 is 17.6 Å². The largest absolute Gasteiger partial charge is 0.479 e. The Hall–Kier alpha value is -1.27. The predicted octanol–water partition coefficient (Wildman–Crippen LogP) is 2.48. The number of carbonyl (C=O) groups is 1. The first-order valence-electron chi connectivity index (χ1n) is 4.40. The van der Waals surface area contributed by atoms with Crippen molar-refractivity contribution in [2.75, 3.05) is 0 Å². The van der Waals surface area contributed by atoms with Gasteiger partial charge in [0.2, 0.25) is 0 Å². The van der Waals surface area contributed by atoms with E-state index in [-0.39, 0.29) is 5.02 Å². The first-order chi connectivity index (χ1) is 7.60. The fourth-order valence-corrected chi connectivity index (χ4v) is 1.41. The molecule has 1 atom stereocenters. The average molecular weight is 269 g/mol. The van der Waals surface area contributed by atoms with Gasteiger partial charge in [-0.15, -0.1) is 0 Å². The second-order valence-corrected chi connectivity index (χ2v) is 3.88. The zero-order valence-electron chi connectivity index (χ0n) is 8.55. The van der Waals surface area contributed by atoms with E-state index in [4.69, 9.17) is 16.7 Å². The summed E-state index contributed by atoms with van der Waals surface area (Å²) in [6.07, 6.45) is -5.34. The summed E-state index contributed by atoms with van der Waals surface area (Å²) >= 11 is 5.60. The van der Waals surface area contributed by atoms with Crippen LogP contribution >= 0.6 is 11.6 Å². The summed E-state index contributed by atoms with van der Waals surface area (Å²) in [7, 11) is 0. The first kappa shape index (κ1) is 13.8. The topological polar surface area (TPSA) is 57.5 Å². The quantitative estimate of drug-likeness (QED) is 0.866. The van der Waals surface area contributed by atoms with Crippen LogP contribution in [-0.2, 0) is 10.4 Å². The number of halogens is 4. The van der Waals surface area contributed by atoms with E-state index in [9.17, 15) is 23.1 Å². The molecule has 0 bridgehead atoms. The second kappa shape index (κ2) is 4.19. The lowest BCUT2D eigenvalue weighted by molar-refractivity contribution is -0.265. The minimum Gasteiger partial charge on any atom is -0.479 e. The van der Waals surface area contributed by atoms with Gasteiger partial charge in [-0.05, 0) is 18.6 Å².